The minimum atomic E-state index is -4.37. The van der Waals surface area contributed by atoms with Gasteiger partial charge in [-0.15, -0.1) is 0 Å². The molecule has 0 N–H and O–H groups in total. The van der Waals surface area contributed by atoms with Crippen molar-refractivity contribution in [1.82, 2.24) is 14.3 Å². The van der Waals surface area contributed by atoms with Crippen LogP contribution < -0.4 is 0 Å². The maximum atomic E-state index is 12.8. The molecule has 2 heterocycles. The van der Waals surface area contributed by atoms with Crippen LogP contribution in [-0.4, -0.2) is 33.1 Å². The van der Waals surface area contributed by atoms with Crippen molar-refractivity contribution in [3.05, 3.63) is 71.1 Å². The van der Waals surface area contributed by atoms with Gasteiger partial charge in [0.25, 0.3) is 0 Å². The van der Waals surface area contributed by atoms with Crippen molar-refractivity contribution in [3.63, 3.8) is 0 Å². The predicted octanol–water partition coefficient (Wildman–Crippen LogP) is 6.68. The van der Waals surface area contributed by atoms with E-state index in [1.54, 1.807) is 37.3 Å². The van der Waals surface area contributed by atoms with Gasteiger partial charge in [-0.2, -0.15) is 18.3 Å². The normalized spacial score (nSPS) is 11.8. The van der Waals surface area contributed by atoms with Crippen molar-refractivity contribution in [2.45, 2.75) is 36.4 Å². The number of nitrogens with zero attached hydrogens (tertiary/aromatic N) is 3. The van der Waals surface area contributed by atoms with Gasteiger partial charge in [-0.1, -0.05) is 35.5 Å². The predicted molar refractivity (Wildman–Crippen MR) is 121 cm³/mol. The van der Waals surface area contributed by atoms with Crippen LogP contribution >= 0.6 is 23.4 Å². The number of esters is 1. The number of alkyl halides is 3. The minimum absolute atomic E-state index is 0.283. The number of ether oxygens (including phenoxy) is 1. The molecule has 2 aromatic heterocycles. The molecule has 0 aliphatic heterocycles. The van der Waals surface area contributed by atoms with Crippen molar-refractivity contribution in [2.24, 2.45) is 0 Å². The summed E-state index contributed by atoms with van der Waals surface area (Å²) in [5.74, 6) is -0.400. The lowest BCUT2D eigenvalue weighted by molar-refractivity contribution is -0.142. The molecule has 0 unspecified atom stereocenters. The molecule has 0 aliphatic carbocycles. The molecule has 0 atom stereocenters. The summed E-state index contributed by atoms with van der Waals surface area (Å²) in [4.78, 5) is 13.8. The first kappa shape index (κ1) is 23.3. The number of benzene rings is 2. The van der Waals surface area contributed by atoms with Crippen LogP contribution in [0.1, 0.15) is 23.0 Å². The van der Waals surface area contributed by atoms with E-state index in [1.165, 1.54) is 24.2 Å². The maximum Gasteiger partial charge on any atom is 0.408 e. The summed E-state index contributed by atoms with van der Waals surface area (Å²) < 4.78 is 46.2. The zero-order valence-electron chi connectivity index (χ0n) is 17.7. The third-order valence-corrected chi connectivity index (χ3v) is 6.34. The summed E-state index contributed by atoms with van der Waals surface area (Å²) in [6.07, 6.45) is -1.61. The van der Waals surface area contributed by atoms with Crippen LogP contribution in [0.15, 0.2) is 64.6 Å². The smallest absolute Gasteiger partial charge is 0.408 e. The fraction of sp³-hybridized carbons (Fsp3) is 0.217. The van der Waals surface area contributed by atoms with Crippen molar-refractivity contribution < 1.29 is 22.7 Å². The molecule has 5 nitrogen and oxygen atoms in total. The summed E-state index contributed by atoms with van der Waals surface area (Å²) in [5, 5.41) is 5.26. The van der Waals surface area contributed by atoms with E-state index in [9.17, 15) is 18.0 Å². The quantitative estimate of drug-likeness (QED) is 0.281. The molecule has 0 fully saturated rings. The fourth-order valence-corrected chi connectivity index (χ4v) is 4.83. The molecule has 172 valence electrons. The molecule has 4 aromatic rings. The standard InChI is InChI=1S/C23H19ClF3N3O2S/c1-3-32-22(31)15-5-4-6-18(9-15)33-21-14(2)30(20-10-16(24)7-8-19(20)21)17-11-28-29(12-17)13-23(25,26)27/h4-12H,3,13H2,1-2H3. The van der Waals surface area contributed by atoms with Gasteiger partial charge in [0.15, 0.2) is 0 Å². The van der Waals surface area contributed by atoms with Crippen molar-refractivity contribution in [3.8, 4) is 5.69 Å². The molecule has 0 bridgehead atoms. The van der Waals surface area contributed by atoms with Gasteiger partial charge in [0.1, 0.15) is 6.54 Å². The Hall–Kier alpha value is -2.91. The van der Waals surface area contributed by atoms with Crippen LogP contribution in [0.2, 0.25) is 5.02 Å². The van der Waals surface area contributed by atoms with Gasteiger partial charge in [0, 0.05) is 32.1 Å². The third kappa shape index (κ3) is 5.04. The second kappa shape index (κ2) is 9.15. The summed E-state index contributed by atoms with van der Waals surface area (Å²) in [6, 6.07) is 12.5. The van der Waals surface area contributed by atoms with E-state index in [0.29, 0.717) is 16.3 Å². The number of hydrogen-bond acceptors (Lipinski definition) is 4. The molecular weight excluding hydrogens is 475 g/mol. The molecule has 33 heavy (non-hydrogen) atoms. The maximum absolute atomic E-state index is 12.8. The average molecular weight is 494 g/mol. The fourth-order valence-electron chi connectivity index (χ4n) is 3.58. The van der Waals surface area contributed by atoms with Crippen LogP contribution in [0, 0.1) is 6.92 Å². The van der Waals surface area contributed by atoms with Crippen molar-refractivity contribution in [1.29, 1.82) is 0 Å². The van der Waals surface area contributed by atoms with E-state index in [4.69, 9.17) is 16.3 Å². The summed E-state index contributed by atoms with van der Waals surface area (Å²) in [7, 11) is 0. The molecular formula is C23H19ClF3N3O2S. The summed E-state index contributed by atoms with van der Waals surface area (Å²) >= 11 is 7.69. The second-order valence-corrected chi connectivity index (χ2v) is 8.79. The van der Waals surface area contributed by atoms with E-state index in [-0.39, 0.29) is 6.61 Å². The third-order valence-electron chi connectivity index (χ3n) is 4.89. The monoisotopic (exact) mass is 493 g/mol. The first-order valence-electron chi connectivity index (χ1n) is 10.0. The van der Waals surface area contributed by atoms with Crippen molar-refractivity contribution >= 4 is 40.2 Å². The topological polar surface area (TPSA) is 49.1 Å². The van der Waals surface area contributed by atoms with Crippen LogP contribution in [0.4, 0.5) is 13.2 Å². The number of hydrogen-bond donors (Lipinski definition) is 0. The molecule has 0 saturated heterocycles. The number of carbonyl (C=O) groups excluding carboxylic acids is 1. The number of halogens is 4. The highest BCUT2D eigenvalue weighted by atomic mass is 35.5. The number of rotatable bonds is 6. The van der Waals surface area contributed by atoms with Gasteiger partial charge in [0.2, 0.25) is 0 Å². The summed E-state index contributed by atoms with van der Waals surface area (Å²) in [6.45, 7) is 2.74. The highest BCUT2D eigenvalue weighted by molar-refractivity contribution is 7.99. The van der Waals surface area contributed by atoms with E-state index >= 15 is 0 Å². The molecule has 2 aromatic carbocycles. The van der Waals surface area contributed by atoms with Crippen LogP contribution in [0.5, 0.6) is 0 Å². The van der Waals surface area contributed by atoms with E-state index < -0.39 is 18.7 Å². The highest BCUT2D eigenvalue weighted by Gasteiger charge is 2.28. The van der Waals surface area contributed by atoms with E-state index in [0.717, 1.165) is 31.1 Å². The molecule has 0 spiro atoms. The van der Waals surface area contributed by atoms with Crippen LogP contribution in [-0.2, 0) is 11.3 Å². The van der Waals surface area contributed by atoms with Gasteiger partial charge in [-0.3, -0.25) is 4.68 Å². The lowest BCUT2D eigenvalue weighted by Gasteiger charge is -2.08. The Morgan fingerprint density at radius 2 is 2.00 bits per heavy atom. The first-order valence-corrected chi connectivity index (χ1v) is 11.2. The molecule has 0 aliphatic rings. The van der Waals surface area contributed by atoms with E-state index in [2.05, 4.69) is 5.10 Å². The highest BCUT2D eigenvalue weighted by Crippen LogP contribution is 2.40. The Kier molecular flexibility index (Phi) is 6.45. The molecule has 4 rings (SSSR count). The molecule has 10 heteroatoms. The Balaban J connectivity index is 1.78. The number of carbonyl (C=O) groups is 1. The number of aromatic nitrogens is 3. The Morgan fingerprint density at radius 3 is 2.73 bits per heavy atom. The van der Waals surface area contributed by atoms with Gasteiger partial charge in [-0.05, 0) is 44.2 Å². The second-order valence-electron chi connectivity index (χ2n) is 7.27. The lowest BCUT2D eigenvalue weighted by atomic mass is 10.2. The SMILES string of the molecule is CCOC(=O)c1cccc(Sc2c(C)n(-c3cnn(CC(F)(F)F)c3)c3cc(Cl)ccc23)c1. The minimum Gasteiger partial charge on any atom is -0.462 e. The van der Waals surface area contributed by atoms with Gasteiger partial charge in [-0.25, -0.2) is 4.79 Å². The summed E-state index contributed by atoms with van der Waals surface area (Å²) in [5.41, 5.74) is 2.50. The Bertz CT molecular complexity index is 1330. The first-order chi connectivity index (χ1) is 15.7. The van der Waals surface area contributed by atoms with Gasteiger partial charge in [0.05, 0.1) is 29.6 Å². The van der Waals surface area contributed by atoms with E-state index in [1.807, 2.05) is 23.6 Å². The van der Waals surface area contributed by atoms with Crippen molar-refractivity contribution in [2.75, 3.05) is 6.61 Å². The number of fused-ring (bicyclic) bond motifs is 1. The Labute approximate surface area is 197 Å². The molecule has 0 amide bonds. The molecule has 0 saturated carbocycles. The van der Waals surface area contributed by atoms with Gasteiger partial charge >= 0.3 is 12.1 Å². The van der Waals surface area contributed by atoms with Crippen LogP contribution in [0.3, 0.4) is 0 Å². The average Bonchev–Trinajstić information content (AvgIpc) is 3.29. The Morgan fingerprint density at radius 1 is 1.21 bits per heavy atom. The molecule has 0 radical (unpaired) electrons. The van der Waals surface area contributed by atoms with Crippen LogP contribution in [0.25, 0.3) is 16.6 Å². The zero-order chi connectivity index (χ0) is 23.8. The lowest BCUT2D eigenvalue weighted by Crippen LogP contribution is -2.17. The largest absolute Gasteiger partial charge is 0.462 e. The van der Waals surface area contributed by atoms with Gasteiger partial charge < -0.3 is 9.30 Å². The zero-order valence-corrected chi connectivity index (χ0v) is 19.3.